The predicted octanol–water partition coefficient (Wildman–Crippen LogP) is 9.79. The van der Waals surface area contributed by atoms with Crippen LogP contribution in [-0.4, -0.2) is 96.6 Å². The topological polar surface area (TPSA) is 71.6 Å². The van der Waals surface area contributed by atoms with Crippen LogP contribution in [0.1, 0.15) is 152 Å². The zero-order valence-electron chi connectivity index (χ0n) is 35.3. The lowest BCUT2D eigenvalue weighted by atomic mass is 9.46. The lowest BCUT2D eigenvalue weighted by molar-refractivity contribution is -0.151. The van der Waals surface area contributed by atoms with Gasteiger partial charge in [-0.25, -0.2) is 9.59 Å². The number of nitrogens with zero attached hydrogens (tertiary/aromatic N) is 3. The van der Waals surface area contributed by atoms with Gasteiger partial charge in [0.2, 0.25) is 0 Å². The summed E-state index contributed by atoms with van der Waals surface area (Å²) in [4.78, 5) is 32.8. The summed E-state index contributed by atoms with van der Waals surface area (Å²) < 4.78 is 19.7. The third kappa shape index (κ3) is 6.55. The molecule has 8 heteroatoms. The molecule has 3 saturated heterocycles. The lowest BCUT2D eigenvalue weighted by Gasteiger charge is -2.59. The number of rotatable bonds is 7. The highest BCUT2D eigenvalue weighted by atomic mass is 16.6. The van der Waals surface area contributed by atoms with Gasteiger partial charge in [-0.15, -0.1) is 0 Å². The first-order valence-corrected chi connectivity index (χ1v) is 22.6. The van der Waals surface area contributed by atoms with E-state index in [2.05, 4.69) is 67.2 Å². The molecule has 2 spiro atoms. The van der Waals surface area contributed by atoms with E-state index in [9.17, 15) is 9.59 Å². The van der Waals surface area contributed by atoms with Crippen LogP contribution in [0.25, 0.3) is 0 Å². The molecule has 53 heavy (non-hydrogen) atoms. The van der Waals surface area contributed by atoms with Crippen molar-refractivity contribution in [3.8, 4) is 0 Å². The van der Waals surface area contributed by atoms with Gasteiger partial charge >= 0.3 is 12.2 Å². The molecule has 3 aliphatic heterocycles. The molecular formula is C45H77N3O5. The van der Waals surface area contributed by atoms with Crippen LogP contribution in [0.5, 0.6) is 0 Å². The minimum Gasteiger partial charge on any atom is -0.446 e. The molecule has 0 radical (unpaired) electrons. The van der Waals surface area contributed by atoms with E-state index in [1.165, 1.54) is 70.6 Å². The molecule has 5 saturated carbocycles. The number of amides is 2. The summed E-state index contributed by atoms with van der Waals surface area (Å²) in [6.45, 7) is 25.8. The third-order valence-electron chi connectivity index (χ3n) is 17.2. The van der Waals surface area contributed by atoms with Crippen molar-refractivity contribution in [3.05, 3.63) is 0 Å². The van der Waals surface area contributed by atoms with Crippen LogP contribution in [0.3, 0.4) is 0 Å². The zero-order chi connectivity index (χ0) is 37.9. The highest BCUT2D eigenvalue weighted by Crippen LogP contribution is 2.87. The molecule has 11 atom stereocenters. The Morgan fingerprint density at radius 3 is 2.04 bits per heavy atom. The van der Waals surface area contributed by atoms with Crippen LogP contribution in [0, 0.1) is 51.2 Å². The first-order chi connectivity index (χ1) is 25.3. The SMILES string of the molecule is CCC.CCC(CC)N1CCN(C(=O)OC2CCC34CC35CCC3(C)C6CCC(C(OC(=O)N7CCC7)C(C)C)OC6CC3C5CCC4C2(C)C)CC1. The van der Waals surface area contributed by atoms with E-state index in [1.54, 1.807) is 0 Å². The number of hydrogen-bond acceptors (Lipinski definition) is 6. The summed E-state index contributed by atoms with van der Waals surface area (Å²) >= 11 is 0. The Morgan fingerprint density at radius 1 is 0.755 bits per heavy atom. The number of hydrogen-bond donors (Lipinski definition) is 0. The monoisotopic (exact) mass is 740 g/mol. The summed E-state index contributed by atoms with van der Waals surface area (Å²) in [5.74, 6) is 3.01. The van der Waals surface area contributed by atoms with Gasteiger partial charge in [0, 0.05) is 50.7 Å². The molecule has 2 amide bonds. The maximum Gasteiger partial charge on any atom is 0.410 e. The molecule has 8 nitrogen and oxygen atoms in total. The molecular weight excluding hydrogens is 663 g/mol. The van der Waals surface area contributed by atoms with Gasteiger partial charge in [-0.05, 0) is 129 Å². The minimum atomic E-state index is -0.168. The number of piperazine rings is 1. The Labute approximate surface area is 323 Å². The van der Waals surface area contributed by atoms with Crippen molar-refractivity contribution in [2.24, 2.45) is 51.2 Å². The smallest absolute Gasteiger partial charge is 0.410 e. The zero-order valence-corrected chi connectivity index (χ0v) is 35.3. The molecule has 8 fully saturated rings. The number of ether oxygens (including phenoxy) is 3. The number of likely N-dealkylation sites (tertiary alicyclic amines) is 1. The summed E-state index contributed by atoms with van der Waals surface area (Å²) in [7, 11) is 0. The molecule has 3 heterocycles. The number of carbonyl (C=O) groups is 2. The molecule has 11 unspecified atom stereocenters. The second kappa shape index (κ2) is 15.1. The van der Waals surface area contributed by atoms with E-state index >= 15 is 0 Å². The quantitative estimate of drug-likeness (QED) is 0.259. The molecule has 0 aromatic carbocycles. The molecule has 0 N–H and O–H groups in total. The van der Waals surface area contributed by atoms with E-state index < -0.39 is 0 Å². The Bertz CT molecular complexity index is 1310. The maximum atomic E-state index is 13.6. The maximum absolute atomic E-state index is 13.6. The number of carbonyl (C=O) groups excluding carboxylic acids is 2. The summed E-state index contributed by atoms with van der Waals surface area (Å²) in [5.41, 5.74) is 1.25. The van der Waals surface area contributed by atoms with Crippen LogP contribution in [0.15, 0.2) is 0 Å². The van der Waals surface area contributed by atoms with E-state index in [4.69, 9.17) is 14.2 Å². The summed E-state index contributed by atoms with van der Waals surface area (Å²) in [6.07, 6.45) is 16.9. The first-order valence-electron chi connectivity index (χ1n) is 22.6. The average molecular weight is 740 g/mol. The van der Waals surface area contributed by atoms with Crippen molar-refractivity contribution in [1.82, 2.24) is 14.7 Å². The standard InChI is InChI=1S/C42H69N3O5.C3H8/c1-8-28(9-2)43-21-23-45(24-22-43)37(46)49-35-15-16-42-26-41(42)18-17-40(7)30-11-13-32(36(27(3)4)50-38(47)44-19-10-20-44)48-33(30)25-31(40)29(41)12-14-34(42)39(35,5)6;1-3-2/h27-36H,8-26H2,1-7H3;3H2,1-2H3. The van der Waals surface area contributed by atoms with Gasteiger partial charge in [0.15, 0.2) is 0 Å². The third-order valence-corrected chi connectivity index (χ3v) is 17.2. The van der Waals surface area contributed by atoms with Gasteiger partial charge in [0.25, 0.3) is 0 Å². The van der Waals surface area contributed by atoms with E-state index in [-0.39, 0.29) is 41.8 Å². The van der Waals surface area contributed by atoms with Crippen molar-refractivity contribution in [3.63, 3.8) is 0 Å². The molecule has 8 rings (SSSR count). The van der Waals surface area contributed by atoms with Gasteiger partial charge in [0.1, 0.15) is 12.2 Å². The van der Waals surface area contributed by atoms with Crippen LogP contribution in [0.4, 0.5) is 9.59 Å². The molecule has 302 valence electrons. The van der Waals surface area contributed by atoms with Gasteiger partial charge in [0.05, 0.1) is 12.2 Å². The fourth-order valence-corrected chi connectivity index (χ4v) is 14.3. The van der Waals surface area contributed by atoms with Crippen molar-refractivity contribution in [2.45, 2.75) is 183 Å². The molecule has 8 aliphatic rings. The van der Waals surface area contributed by atoms with Gasteiger partial charge in [-0.3, -0.25) is 4.90 Å². The largest absolute Gasteiger partial charge is 0.446 e. The van der Waals surface area contributed by atoms with Crippen LogP contribution in [-0.2, 0) is 14.2 Å². The second-order valence-corrected chi connectivity index (χ2v) is 20.3. The Hall–Kier alpha value is -1.54. The Balaban J connectivity index is 0.00000140. The van der Waals surface area contributed by atoms with Crippen molar-refractivity contribution in [1.29, 1.82) is 0 Å². The minimum absolute atomic E-state index is 0.000187. The highest BCUT2D eigenvalue weighted by Gasteiger charge is 2.81. The average Bonchev–Trinajstić information content (AvgIpc) is 3.68. The first kappa shape index (κ1) is 39.7. The van der Waals surface area contributed by atoms with Crippen LogP contribution in [0.2, 0.25) is 0 Å². The van der Waals surface area contributed by atoms with Crippen molar-refractivity contribution >= 4 is 12.2 Å². The molecule has 5 aliphatic carbocycles. The fraction of sp³-hybridized carbons (Fsp3) is 0.956. The van der Waals surface area contributed by atoms with Crippen LogP contribution >= 0.6 is 0 Å². The molecule has 0 aromatic heterocycles. The predicted molar refractivity (Wildman–Crippen MR) is 211 cm³/mol. The van der Waals surface area contributed by atoms with Gasteiger partial charge in [-0.1, -0.05) is 68.7 Å². The Kier molecular flexibility index (Phi) is 11.3. The van der Waals surface area contributed by atoms with Crippen molar-refractivity contribution < 1.29 is 23.8 Å². The summed E-state index contributed by atoms with van der Waals surface area (Å²) in [6, 6.07) is 0.626. The lowest BCUT2D eigenvalue weighted by Crippen LogP contribution is -2.56. The normalized spacial score (nSPS) is 41.8. The van der Waals surface area contributed by atoms with Crippen LogP contribution < -0.4 is 0 Å². The van der Waals surface area contributed by atoms with E-state index in [0.29, 0.717) is 40.2 Å². The fourth-order valence-electron chi connectivity index (χ4n) is 14.3. The molecule has 0 bridgehead atoms. The highest BCUT2D eigenvalue weighted by molar-refractivity contribution is 5.69. The van der Waals surface area contributed by atoms with E-state index in [1.807, 2.05) is 9.80 Å². The van der Waals surface area contributed by atoms with Gasteiger partial charge in [-0.2, -0.15) is 0 Å². The summed E-state index contributed by atoms with van der Waals surface area (Å²) in [5, 5.41) is 0. The van der Waals surface area contributed by atoms with E-state index in [0.717, 1.165) is 70.4 Å². The van der Waals surface area contributed by atoms with Gasteiger partial charge < -0.3 is 24.0 Å². The number of fused-ring (bicyclic) bond motifs is 4. The second-order valence-electron chi connectivity index (χ2n) is 20.3. The van der Waals surface area contributed by atoms with Crippen molar-refractivity contribution in [2.75, 3.05) is 39.3 Å². The molecule has 0 aromatic rings. The Morgan fingerprint density at radius 2 is 1.42 bits per heavy atom.